The van der Waals surface area contributed by atoms with E-state index in [4.69, 9.17) is 5.11 Å². The van der Waals surface area contributed by atoms with Crippen LogP contribution >= 0.6 is 0 Å². The molecule has 0 bridgehead atoms. The molecule has 1 N–H and O–H groups in total. The number of hydrogen-bond donors (Lipinski definition) is 1. The average molecular weight is 269 g/mol. The number of benzene rings is 2. The second-order valence-electron chi connectivity index (χ2n) is 4.67. The fraction of sp³-hybridized carbons (Fsp3) is 0.235. The van der Waals surface area contributed by atoms with Crippen molar-refractivity contribution in [3.63, 3.8) is 0 Å². The predicted octanol–water partition coefficient (Wildman–Crippen LogP) is 2.39. The summed E-state index contributed by atoms with van der Waals surface area (Å²) < 4.78 is 0. The third kappa shape index (κ3) is 3.25. The van der Waals surface area contributed by atoms with Crippen LogP contribution in [0.1, 0.15) is 5.56 Å². The molecule has 0 aliphatic rings. The summed E-state index contributed by atoms with van der Waals surface area (Å²) in [5, 5.41) is 11.3. The summed E-state index contributed by atoms with van der Waals surface area (Å²) in [5.74, 6) is 0.00954. The lowest BCUT2D eigenvalue weighted by molar-refractivity contribution is -0.130. The van der Waals surface area contributed by atoms with Crippen LogP contribution in [-0.4, -0.2) is 35.6 Å². The third-order valence-corrected chi connectivity index (χ3v) is 3.29. The van der Waals surface area contributed by atoms with Gasteiger partial charge in [-0.05, 0) is 16.3 Å². The van der Waals surface area contributed by atoms with Gasteiger partial charge in [0.25, 0.3) is 0 Å². The van der Waals surface area contributed by atoms with Crippen LogP contribution < -0.4 is 0 Å². The maximum atomic E-state index is 12.3. The van der Waals surface area contributed by atoms with Crippen molar-refractivity contribution in [1.82, 2.24) is 4.90 Å². The van der Waals surface area contributed by atoms with Gasteiger partial charge in [-0.1, -0.05) is 48.5 Å². The largest absolute Gasteiger partial charge is 0.395 e. The highest BCUT2D eigenvalue weighted by Gasteiger charge is 2.13. The molecule has 2 rings (SSSR count). The van der Waals surface area contributed by atoms with Crippen molar-refractivity contribution in [2.45, 2.75) is 6.42 Å². The topological polar surface area (TPSA) is 40.5 Å². The van der Waals surface area contributed by atoms with Gasteiger partial charge >= 0.3 is 0 Å². The maximum absolute atomic E-state index is 12.3. The van der Waals surface area contributed by atoms with E-state index in [1.54, 1.807) is 11.0 Å². The molecule has 0 heterocycles. The molecular weight excluding hydrogens is 250 g/mol. The van der Waals surface area contributed by atoms with Crippen molar-refractivity contribution >= 4 is 16.7 Å². The van der Waals surface area contributed by atoms with Crippen LogP contribution in [0.5, 0.6) is 0 Å². The van der Waals surface area contributed by atoms with Gasteiger partial charge in [-0.15, -0.1) is 6.58 Å². The van der Waals surface area contributed by atoms with E-state index in [0.29, 0.717) is 19.5 Å². The zero-order valence-electron chi connectivity index (χ0n) is 11.5. The smallest absolute Gasteiger partial charge is 0.227 e. The van der Waals surface area contributed by atoms with E-state index < -0.39 is 0 Å². The number of rotatable bonds is 6. The van der Waals surface area contributed by atoms with E-state index in [1.165, 1.54) is 0 Å². The first kappa shape index (κ1) is 14.3. The van der Waals surface area contributed by atoms with E-state index in [9.17, 15) is 4.79 Å². The Morgan fingerprint density at radius 2 is 1.95 bits per heavy atom. The molecule has 104 valence electrons. The summed E-state index contributed by atoms with van der Waals surface area (Å²) in [6, 6.07) is 14.0. The molecule has 0 aliphatic carbocycles. The van der Waals surface area contributed by atoms with Crippen molar-refractivity contribution in [3.05, 3.63) is 60.7 Å². The van der Waals surface area contributed by atoms with Gasteiger partial charge in [-0.3, -0.25) is 4.79 Å². The molecule has 0 aromatic heterocycles. The highest BCUT2D eigenvalue weighted by atomic mass is 16.3. The first-order valence-corrected chi connectivity index (χ1v) is 6.72. The number of fused-ring (bicyclic) bond motifs is 1. The quantitative estimate of drug-likeness (QED) is 0.818. The fourth-order valence-corrected chi connectivity index (χ4v) is 2.32. The monoisotopic (exact) mass is 269 g/mol. The number of carbonyl (C=O) groups is 1. The minimum Gasteiger partial charge on any atom is -0.395 e. The average Bonchev–Trinajstić information content (AvgIpc) is 2.47. The van der Waals surface area contributed by atoms with E-state index >= 15 is 0 Å². The third-order valence-electron chi connectivity index (χ3n) is 3.29. The molecule has 0 spiro atoms. The Bertz CT molecular complexity index is 601. The fourth-order valence-electron chi connectivity index (χ4n) is 2.32. The summed E-state index contributed by atoms with van der Waals surface area (Å²) in [7, 11) is 0. The number of hydrogen-bond acceptors (Lipinski definition) is 2. The standard InChI is InChI=1S/C17H19NO2/c1-2-10-18(11-12-19)17(20)13-15-8-5-7-14-6-3-4-9-16(14)15/h2-9,19H,1,10-13H2. The molecular formula is C17H19NO2. The molecule has 0 saturated carbocycles. The van der Waals surface area contributed by atoms with E-state index in [2.05, 4.69) is 6.58 Å². The molecule has 0 unspecified atom stereocenters. The van der Waals surface area contributed by atoms with Gasteiger partial charge in [0, 0.05) is 13.1 Å². The second-order valence-corrected chi connectivity index (χ2v) is 4.67. The van der Waals surface area contributed by atoms with Crippen molar-refractivity contribution in [2.75, 3.05) is 19.7 Å². The zero-order valence-corrected chi connectivity index (χ0v) is 11.5. The summed E-state index contributed by atoms with van der Waals surface area (Å²) in [6.07, 6.45) is 2.02. The minimum absolute atomic E-state index is 0.00954. The van der Waals surface area contributed by atoms with Gasteiger partial charge in [0.05, 0.1) is 13.0 Å². The Kier molecular flexibility index (Phi) is 4.91. The van der Waals surface area contributed by atoms with Crippen LogP contribution in [-0.2, 0) is 11.2 Å². The second kappa shape index (κ2) is 6.87. The van der Waals surface area contributed by atoms with Gasteiger partial charge in [0.15, 0.2) is 0 Å². The molecule has 2 aromatic rings. The number of amides is 1. The predicted molar refractivity (Wildman–Crippen MR) is 81.5 cm³/mol. The molecule has 3 heteroatoms. The Hall–Kier alpha value is -2.13. The van der Waals surface area contributed by atoms with Crippen LogP contribution in [0.3, 0.4) is 0 Å². The van der Waals surface area contributed by atoms with Crippen molar-refractivity contribution in [3.8, 4) is 0 Å². The van der Waals surface area contributed by atoms with E-state index in [0.717, 1.165) is 16.3 Å². The highest BCUT2D eigenvalue weighted by Crippen LogP contribution is 2.19. The van der Waals surface area contributed by atoms with Gasteiger partial charge < -0.3 is 10.0 Å². The summed E-state index contributed by atoms with van der Waals surface area (Å²) in [4.78, 5) is 13.9. The number of aliphatic hydroxyl groups is 1. The molecule has 3 nitrogen and oxygen atoms in total. The van der Waals surface area contributed by atoms with Gasteiger partial charge in [0.1, 0.15) is 0 Å². The Labute approximate surface area is 119 Å². The zero-order chi connectivity index (χ0) is 14.4. The first-order chi connectivity index (χ1) is 9.76. The Morgan fingerprint density at radius 3 is 2.70 bits per heavy atom. The molecule has 1 amide bonds. The van der Waals surface area contributed by atoms with Crippen molar-refractivity contribution in [2.24, 2.45) is 0 Å². The molecule has 20 heavy (non-hydrogen) atoms. The van der Waals surface area contributed by atoms with Crippen LogP contribution in [0.2, 0.25) is 0 Å². The van der Waals surface area contributed by atoms with E-state index in [-0.39, 0.29) is 12.5 Å². The van der Waals surface area contributed by atoms with Crippen molar-refractivity contribution in [1.29, 1.82) is 0 Å². The van der Waals surface area contributed by atoms with E-state index in [1.807, 2.05) is 42.5 Å². The molecule has 0 atom stereocenters. The van der Waals surface area contributed by atoms with Crippen LogP contribution in [0.25, 0.3) is 10.8 Å². The SMILES string of the molecule is C=CCN(CCO)C(=O)Cc1cccc2ccccc12. The van der Waals surface area contributed by atoms with Gasteiger partial charge in [-0.25, -0.2) is 0 Å². The lowest BCUT2D eigenvalue weighted by Crippen LogP contribution is -2.34. The summed E-state index contributed by atoms with van der Waals surface area (Å²) >= 11 is 0. The first-order valence-electron chi connectivity index (χ1n) is 6.72. The molecule has 0 saturated heterocycles. The number of carbonyl (C=O) groups excluding carboxylic acids is 1. The Balaban J connectivity index is 2.22. The molecule has 0 radical (unpaired) electrons. The molecule has 2 aromatic carbocycles. The lowest BCUT2D eigenvalue weighted by atomic mass is 10.0. The van der Waals surface area contributed by atoms with Crippen molar-refractivity contribution < 1.29 is 9.90 Å². The van der Waals surface area contributed by atoms with Crippen LogP contribution in [0.15, 0.2) is 55.1 Å². The van der Waals surface area contributed by atoms with Gasteiger partial charge in [-0.2, -0.15) is 0 Å². The number of nitrogens with zero attached hydrogens (tertiary/aromatic N) is 1. The Morgan fingerprint density at radius 1 is 1.20 bits per heavy atom. The molecule has 0 aliphatic heterocycles. The highest BCUT2D eigenvalue weighted by molar-refractivity contribution is 5.90. The summed E-state index contributed by atoms with van der Waals surface area (Å²) in [6.45, 7) is 4.42. The van der Waals surface area contributed by atoms with Crippen LogP contribution in [0, 0.1) is 0 Å². The lowest BCUT2D eigenvalue weighted by Gasteiger charge is -2.20. The number of aliphatic hydroxyl groups excluding tert-OH is 1. The molecule has 0 fully saturated rings. The minimum atomic E-state index is -0.0326. The normalized spacial score (nSPS) is 10.4. The maximum Gasteiger partial charge on any atom is 0.227 e. The van der Waals surface area contributed by atoms with Crippen LogP contribution in [0.4, 0.5) is 0 Å². The van der Waals surface area contributed by atoms with Gasteiger partial charge in [0.2, 0.25) is 5.91 Å². The summed E-state index contributed by atoms with van der Waals surface area (Å²) in [5.41, 5.74) is 1.01.